The van der Waals surface area contributed by atoms with E-state index in [1.807, 2.05) is 19.2 Å². The zero-order valence-corrected chi connectivity index (χ0v) is 19.3. The van der Waals surface area contributed by atoms with Gasteiger partial charge in [-0.15, -0.1) is 13.2 Å². The van der Waals surface area contributed by atoms with Crippen molar-refractivity contribution in [1.82, 2.24) is 4.90 Å². The first kappa shape index (κ1) is 25.2. The second-order valence-electron chi connectivity index (χ2n) is 8.54. The molecule has 0 fully saturated rings. The smallest absolute Gasteiger partial charge is 0.493 e. The first-order valence-electron chi connectivity index (χ1n) is 11.2. The second kappa shape index (κ2) is 11.1. The number of likely N-dealkylation sites (N-methyl/N-ethyl adjacent to an activating group) is 1. The van der Waals surface area contributed by atoms with Crippen LogP contribution < -0.4 is 14.2 Å². The molecule has 5 nitrogen and oxygen atoms in total. The number of halogens is 3. The molecule has 0 radical (unpaired) electrons. The van der Waals surface area contributed by atoms with Crippen molar-refractivity contribution in [1.29, 1.82) is 0 Å². The van der Waals surface area contributed by atoms with Gasteiger partial charge in [0.2, 0.25) is 0 Å². The molecule has 1 N–H and O–H groups in total. The van der Waals surface area contributed by atoms with E-state index in [0.29, 0.717) is 11.5 Å². The van der Waals surface area contributed by atoms with E-state index in [1.54, 1.807) is 26.4 Å². The van der Waals surface area contributed by atoms with Crippen LogP contribution in [0.25, 0.3) is 0 Å². The lowest BCUT2D eigenvalue weighted by Gasteiger charge is -2.31. The van der Waals surface area contributed by atoms with Gasteiger partial charge in [0.05, 0.1) is 20.3 Å². The van der Waals surface area contributed by atoms with E-state index < -0.39 is 12.5 Å². The number of hydrogen-bond acceptors (Lipinski definition) is 5. The van der Waals surface area contributed by atoms with Gasteiger partial charge < -0.3 is 24.2 Å². The van der Waals surface area contributed by atoms with E-state index in [0.717, 1.165) is 61.9 Å². The summed E-state index contributed by atoms with van der Waals surface area (Å²) in [6.07, 6.45) is -0.738. The Morgan fingerprint density at radius 2 is 1.70 bits per heavy atom. The summed E-state index contributed by atoms with van der Waals surface area (Å²) in [7, 11) is 5.24. The summed E-state index contributed by atoms with van der Waals surface area (Å²) in [4.78, 5) is 2.21. The van der Waals surface area contributed by atoms with Crippen molar-refractivity contribution in [3.05, 3.63) is 53.1 Å². The fourth-order valence-corrected chi connectivity index (χ4v) is 4.40. The molecular weight excluding hydrogens is 435 g/mol. The van der Waals surface area contributed by atoms with Crippen LogP contribution >= 0.6 is 0 Å². The molecule has 0 amide bonds. The molecule has 1 aliphatic rings. The first-order chi connectivity index (χ1) is 15.7. The number of nitrogens with zero attached hydrogens (tertiary/aromatic N) is 1. The third-order valence-electron chi connectivity index (χ3n) is 6.25. The van der Waals surface area contributed by atoms with Gasteiger partial charge in [-0.05, 0) is 92.6 Å². The molecule has 0 aliphatic heterocycles. The lowest BCUT2D eigenvalue weighted by molar-refractivity contribution is -0.274. The average Bonchev–Trinajstić information content (AvgIpc) is 2.78. The number of methoxy groups -OCH3 is 2. The molecule has 1 aliphatic carbocycles. The molecule has 2 aromatic carbocycles. The average molecular weight is 468 g/mol. The lowest BCUT2D eigenvalue weighted by Crippen LogP contribution is -2.25. The van der Waals surface area contributed by atoms with Crippen molar-refractivity contribution < 1.29 is 32.5 Å². The van der Waals surface area contributed by atoms with Gasteiger partial charge in [-0.3, -0.25) is 0 Å². The number of aliphatic hydroxyl groups is 1. The highest BCUT2D eigenvalue weighted by Gasteiger charge is 2.31. The number of aliphatic hydroxyl groups excluding tert-OH is 1. The number of alkyl halides is 3. The number of fused-ring (bicyclic) bond motifs is 1. The standard InChI is InChI=1S/C25H32F3NO4/c1-29(14-12-17-6-10-20(11-7-17)33-25(26,27)28)13-4-5-18-8-9-19-15-22(31-2)23(32-3)16-21(19)24(18)30/h6-7,10-11,15-16,18,24,30H,4-5,8-9,12-14H2,1-3H3. The molecule has 3 rings (SSSR count). The number of aryl methyl sites for hydroxylation is 1. The summed E-state index contributed by atoms with van der Waals surface area (Å²) in [6, 6.07) is 9.86. The quantitative estimate of drug-likeness (QED) is 0.524. The van der Waals surface area contributed by atoms with Crippen molar-refractivity contribution in [3.8, 4) is 17.2 Å². The molecule has 2 unspecified atom stereocenters. The van der Waals surface area contributed by atoms with Crippen molar-refractivity contribution >= 4 is 0 Å². The van der Waals surface area contributed by atoms with Crippen molar-refractivity contribution in [2.24, 2.45) is 5.92 Å². The lowest BCUT2D eigenvalue weighted by atomic mass is 9.79. The molecule has 0 heterocycles. The minimum absolute atomic E-state index is 0.199. The zero-order chi connectivity index (χ0) is 24.0. The van der Waals surface area contributed by atoms with E-state index in [1.165, 1.54) is 12.1 Å². The molecular formula is C25H32F3NO4. The monoisotopic (exact) mass is 467 g/mol. The highest BCUT2D eigenvalue weighted by atomic mass is 19.4. The maximum Gasteiger partial charge on any atom is 0.573 e. The van der Waals surface area contributed by atoms with Crippen molar-refractivity contribution in [3.63, 3.8) is 0 Å². The summed E-state index contributed by atoms with van der Waals surface area (Å²) in [5.41, 5.74) is 3.00. The van der Waals surface area contributed by atoms with Crippen molar-refractivity contribution in [2.75, 3.05) is 34.4 Å². The van der Waals surface area contributed by atoms with E-state index in [4.69, 9.17) is 9.47 Å². The van der Waals surface area contributed by atoms with Crippen molar-refractivity contribution in [2.45, 2.75) is 44.6 Å². The Labute approximate surface area is 193 Å². The fourth-order valence-electron chi connectivity index (χ4n) is 4.40. The number of ether oxygens (including phenoxy) is 3. The van der Waals surface area contributed by atoms with Gasteiger partial charge in [0, 0.05) is 6.54 Å². The van der Waals surface area contributed by atoms with Gasteiger partial charge in [-0.25, -0.2) is 0 Å². The molecule has 0 saturated carbocycles. The fraction of sp³-hybridized carbons (Fsp3) is 0.520. The van der Waals surface area contributed by atoms with Crippen LogP contribution in [0, 0.1) is 5.92 Å². The van der Waals surface area contributed by atoms with Crippen LogP contribution in [-0.4, -0.2) is 50.7 Å². The van der Waals surface area contributed by atoms with Gasteiger partial charge in [0.15, 0.2) is 11.5 Å². The predicted molar refractivity (Wildman–Crippen MR) is 120 cm³/mol. The Morgan fingerprint density at radius 3 is 2.33 bits per heavy atom. The van der Waals surface area contributed by atoms with Crippen LogP contribution in [0.2, 0.25) is 0 Å². The summed E-state index contributed by atoms with van der Waals surface area (Å²) in [5, 5.41) is 10.9. The van der Waals surface area contributed by atoms with Gasteiger partial charge in [-0.1, -0.05) is 12.1 Å². The first-order valence-corrected chi connectivity index (χ1v) is 11.2. The highest BCUT2D eigenvalue weighted by Crippen LogP contribution is 2.42. The Balaban J connectivity index is 1.44. The van der Waals surface area contributed by atoms with Crippen LogP contribution in [0.1, 0.15) is 42.1 Å². The summed E-state index contributed by atoms with van der Waals surface area (Å²) < 4.78 is 51.4. The van der Waals surface area contributed by atoms with E-state index >= 15 is 0 Å². The summed E-state index contributed by atoms with van der Waals surface area (Å²) in [5.74, 6) is 1.31. The SMILES string of the molecule is COc1cc2c(cc1OC)C(O)C(CCCN(C)CCc1ccc(OC(F)(F)F)cc1)CC2. The van der Waals surface area contributed by atoms with Crippen LogP contribution in [0.15, 0.2) is 36.4 Å². The van der Waals surface area contributed by atoms with Gasteiger partial charge in [0.1, 0.15) is 5.75 Å². The normalized spacial score (nSPS) is 18.2. The Bertz CT molecular complexity index is 902. The predicted octanol–water partition coefficient (Wildman–Crippen LogP) is 5.15. The Morgan fingerprint density at radius 1 is 1.03 bits per heavy atom. The van der Waals surface area contributed by atoms with E-state index in [2.05, 4.69) is 9.64 Å². The number of benzene rings is 2. The molecule has 33 heavy (non-hydrogen) atoms. The van der Waals surface area contributed by atoms with Gasteiger partial charge >= 0.3 is 6.36 Å². The molecule has 8 heteroatoms. The summed E-state index contributed by atoms with van der Waals surface area (Å²) >= 11 is 0. The highest BCUT2D eigenvalue weighted by molar-refractivity contribution is 5.49. The third kappa shape index (κ3) is 7.01. The van der Waals surface area contributed by atoms with Gasteiger partial charge in [0.25, 0.3) is 0 Å². The van der Waals surface area contributed by atoms with Crippen LogP contribution in [0.5, 0.6) is 17.2 Å². The minimum atomic E-state index is -4.67. The molecule has 0 aromatic heterocycles. The minimum Gasteiger partial charge on any atom is -0.493 e. The molecule has 0 saturated heterocycles. The Hall–Kier alpha value is -2.45. The molecule has 0 bridgehead atoms. The third-order valence-corrected chi connectivity index (χ3v) is 6.25. The number of hydrogen-bond donors (Lipinski definition) is 1. The Kier molecular flexibility index (Phi) is 8.48. The number of rotatable bonds is 10. The summed E-state index contributed by atoms with van der Waals surface area (Å²) in [6.45, 7) is 1.68. The molecule has 2 aromatic rings. The molecule has 2 atom stereocenters. The second-order valence-corrected chi connectivity index (χ2v) is 8.54. The largest absolute Gasteiger partial charge is 0.573 e. The van der Waals surface area contributed by atoms with Crippen LogP contribution in [-0.2, 0) is 12.8 Å². The van der Waals surface area contributed by atoms with Crippen LogP contribution in [0.3, 0.4) is 0 Å². The van der Waals surface area contributed by atoms with E-state index in [9.17, 15) is 18.3 Å². The molecule has 182 valence electrons. The zero-order valence-electron chi connectivity index (χ0n) is 19.3. The topological polar surface area (TPSA) is 51.2 Å². The van der Waals surface area contributed by atoms with Gasteiger partial charge in [-0.2, -0.15) is 0 Å². The van der Waals surface area contributed by atoms with E-state index in [-0.39, 0.29) is 11.7 Å². The maximum absolute atomic E-state index is 12.3. The van der Waals surface area contributed by atoms with Crippen LogP contribution in [0.4, 0.5) is 13.2 Å². The maximum atomic E-state index is 12.3. The molecule has 0 spiro atoms.